The smallest absolute Gasteiger partial charge is 0.318 e. The fraction of sp³-hybridized carbons (Fsp3) is 0.111. The second-order valence-corrected chi connectivity index (χ2v) is 2.67. The molecule has 1 heterocycles. The van der Waals surface area contributed by atoms with Gasteiger partial charge in [-0.1, -0.05) is 5.11 Å². The van der Waals surface area contributed by atoms with Crippen LogP contribution >= 0.6 is 0 Å². The third-order valence-corrected chi connectivity index (χ3v) is 1.85. The molecule has 0 aliphatic carbocycles. The zero-order valence-electron chi connectivity index (χ0n) is 7.47. The van der Waals surface area contributed by atoms with Crippen LogP contribution in [0.15, 0.2) is 39.7 Å². The molecule has 5 nitrogen and oxygen atoms in total. The van der Waals surface area contributed by atoms with E-state index in [0.29, 0.717) is 5.56 Å². The molecule has 0 fully saturated rings. The SMILES string of the molecule is COc1ccc(C2=NN=NC2=O)cc1. The summed E-state index contributed by atoms with van der Waals surface area (Å²) < 4.78 is 4.99. The fourth-order valence-electron chi connectivity index (χ4n) is 1.13. The minimum Gasteiger partial charge on any atom is -0.497 e. The standard InChI is InChI=1S/C9H7N3O2/c1-14-7-4-2-6(3-5-7)8-9(13)11-12-10-8/h2-5H,1H3. The van der Waals surface area contributed by atoms with Crippen molar-refractivity contribution in [2.45, 2.75) is 0 Å². The molecule has 1 amide bonds. The molecule has 0 bridgehead atoms. The second kappa shape index (κ2) is 3.37. The molecule has 0 unspecified atom stereocenters. The highest BCUT2D eigenvalue weighted by Crippen LogP contribution is 2.14. The zero-order valence-corrected chi connectivity index (χ0v) is 7.47. The largest absolute Gasteiger partial charge is 0.497 e. The minimum absolute atomic E-state index is 0.271. The number of benzene rings is 1. The van der Waals surface area contributed by atoms with Crippen molar-refractivity contribution >= 4 is 11.6 Å². The predicted octanol–water partition coefficient (Wildman–Crippen LogP) is 1.39. The average molecular weight is 189 g/mol. The molecule has 0 spiro atoms. The van der Waals surface area contributed by atoms with Gasteiger partial charge < -0.3 is 4.74 Å². The number of hydrogen-bond donors (Lipinski definition) is 0. The van der Waals surface area contributed by atoms with E-state index >= 15 is 0 Å². The van der Waals surface area contributed by atoms with Crippen LogP contribution in [0.1, 0.15) is 5.56 Å². The van der Waals surface area contributed by atoms with Crippen molar-refractivity contribution in [3.05, 3.63) is 29.8 Å². The van der Waals surface area contributed by atoms with Gasteiger partial charge in [-0.05, 0) is 29.5 Å². The first kappa shape index (κ1) is 8.55. The maximum atomic E-state index is 11.1. The number of methoxy groups -OCH3 is 1. The van der Waals surface area contributed by atoms with Crippen LogP contribution in [-0.2, 0) is 4.79 Å². The quantitative estimate of drug-likeness (QED) is 0.705. The van der Waals surface area contributed by atoms with Crippen LogP contribution in [0.2, 0.25) is 0 Å². The highest BCUT2D eigenvalue weighted by Gasteiger charge is 2.17. The Hall–Kier alpha value is -2.04. The van der Waals surface area contributed by atoms with Crippen molar-refractivity contribution < 1.29 is 9.53 Å². The maximum absolute atomic E-state index is 11.1. The van der Waals surface area contributed by atoms with Crippen LogP contribution in [-0.4, -0.2) is 18.7 Å². The van der Waals surface area contributed by atoms with E-state index in [-0.39, 0.29) is 5.71 Å². The van der Waals surface area contributed by atoms with Crippen molar-refractivity contribution in [1.29, 1.82) is 0 Å². The van der Waals surface area contributed by atoms with E-state index in [4.69, 9.17) is 4.74 Å². The Morgan fingerprint density at radius 2 is 1.93 bits per heavy atom. The number of amides is 1. The molecule has 14 heavy (non-hydrogen) atoms. The van der Waals surface area contributed by atoms with Gasteiger partial charge in [-0.2, -0.15) is 0 Å². The molecule has 1 aliphatic rings. The summed E-state index contributed by atoms with van der Waals surface area (Å²) in [5.41, 5.74) is 0.966. The lowest BCUT2D eigenvalue weighted by Crippen LogP contribution is -2.08. The zero-order chi connectivity index (χ0) is 9.97. The predicted molar refractivity (Wildman–Crippen MR) is 49.4 cm³/mol. The van der Waals surface area contributed by atoms with E-state index in [1.54, 1.807) is 31.4 Å². The van der Waals surface area contributed by atoms with Gasteiger partial charge in [0.25, 0.3) is 0 Å². The molecule has 70 valence electrons. The second-order valence-electron chi connectivity index (χ2n) is 2.67. The minimum atomic E-state index is -0.407. The lowest BCUT2D eigenvalue weighted by atomic mass is 10.1. The number of carbonyl (C=O) groups is 1. The Balaban J connectivity index is 2.30. The molecule has 2 rings (SSSR count). The molecule has 0 N–H and O–H groups in total. The Kier molecular flexibility index (Phi) is 2.06. The lowest BCUT2D eigenvalue weighted by molar-refractivity contribution is -0.111. The van der Waals surface area contributed by atoms with E-state index in [9.17, 15) is 4.79 Å². The van der Waals surface area contributed by atoms with Crippen molar-refractivity contribution in [2.75, 3.05) is 7.11 Å². The van der Waals surface area contributed by atoms with Crippen LogP contribution in [0.5, 0.6) is 5.75 Å². The number of nitrogens with zero attached hydrogens (tertiary/aromatic N) is 3. The number of carbonyl (C=O) groups excluding carboxylic acids is 1. The Bertz CT molecular complexity index is 420. The van der Waals surface area contributed by atoms with Gasteiger partial charge >= 0.3 is 5.91 Å². The first-order valence-corrected chi connectivity index (χ1v) is 3.99. The van der Waals surface area contributed by atoms with Crippen LogP contribution in [0.25, 0.3) is 0 Å². The average Bonchev–Trinajstić information content (AvgIpc) is 2.65. The normalized spacial score (nSPS) is 14.4. The third kappa shape index (κ3) is 1.39. The summed E-state index contributed by atoms with van der Waals surface area (Å²) >= 11 is 0. The van der Waals surface area contributed by atoms with Gasteiger partial charge in [-0.15, -0.1) is 5.10 Å². The number of rotatable bonds is 2. The highest BCUT2D eigenvalue weighted by molar-refractivity contribution is 6.46. The molecule has 1 aromatic carbocycles. The number of hydrogen-bond acceptors (Lipinski definition) is 4. The van der Waals surface area contributed by atoms with Gasteiger partial charge in [0, 0.05) is 5.56 Å². The van der Waals surface area contributed by atoms with E-state index in [0.717, 1.165) is 5.75 Å². The first-order chi connectivity index (χ1) is 6.81. The molecule has 1 aliphatic heterocycles. The summed E-state index contributed by atoms with van der Waals surface area (Å²) in [7, 11) is 1.58. The fourth-order valence-corrected chi connectivity index (χ4v) is 1.13. The van der Waals surface area contributed by atoms with Gasteiger partial charge in [0.15, 0.2) is 5.71 Å². The topological polar surface area (TPSA) is 63.4 Å². The number of ether oxygens (including phenoxy) is 1. The van der Waals surface area contributed by atoms with Crippen molar-refractivity contribution in [3.63, 3.8) is 0 Å². The Morgan fingerprint density at radius 1 is 1.21 bits per heavy atom. The summed E-state index contributed by atoms with van der Waals surface area (Å²) in [6.45, 7) is 0. The van der Waals surface area contributed by atoms with E-state index in [1.807, 2.05) is 0 Å². The molecule has 0 aromatic heterocycles. The van der Waals surface area contributed by atoms with E-state index in [1.165, 1.54) is 0 Å². The van der Waals surface area contributed by atoms with E-state index < -0.39 is 5.91 Å². The molecule has 1 aromatic rings. The van der Waals surface area contributed by atoms with Gasteiger partial charge in [0.05, 0.1) is 7.11 Å². The van der Waals surface area contributed by atoms with Crippen LogP contribution in [0, 0.1) is 0 Å². The lowest BCUT2D eigenvalue weighted by Gasteiger charge is -2.00. The summed E-state index contributed by atoms with van der Waals surface area (Å²) in [5, 5.41) is 10.2. The Morgan fingerprint density at radius 3 is 2.43 bits per heavy atom. The summed E-state index contributed by atoms with van der Waals surface area (Å²) in [4.78, 5) is 11.1. The van der Waals surface area contributed by atoms with Crippen LogP contribution < -0.4 is 4.74 Å². The first-order valence-electron chi connectivity index (χ1n) is 3.99. The summed E-state index contributed by atoms with van der Waals surface area (Å²) in [6.07, 6.45) is 0. The van der Waals surface area contributed by atoms with Crippen molar-refractivity contribution in [3.8, 4) is 5.75 Å². The van der Waals surface area contributed by atoms with Gasteiger partial charge in [-0.3, -0.25) is 4.79 Å². The molecule has 0 radical (unpaired) electrons. The van der Waals surface area contributed by atoms with Crippen molar-refractivity contribution in [1.82, 2.24) is 0 Å². The van der Waals surface area contributed by atoms with Gasteiger partial charge in [0.2, 0.25) is 0 Å². The van der Waals surface area contributed by atoms with Gasteiger partial charge in [0.1, 0.15) is 5.75 Å². The molecule has 5 heteroatoms. The Labute approximate surface area is 80.1 Å². The monoisotopic (exact) mass is 189 g/mol. The molecule has 0 saturated carbocycles. The molecular formula is C9H7N3O2. The van der Waals surface area contributed by atoms with Crippen LogP contribution in [0.4, 0.5) is 0 Å². The highest BCUT2D eigenvalue weighted by atomic mass is 16.5. The third-order valence-electron chi connectivity index (χ3n) is 1.85. The van der Waals surface area contributed by atoms with Gasteiger partial charge in [-0.25, -0.2) is 0 Å². The maximum Gasteiger partial charge on any atom is 0.318 e. The summed E-state index contributed by atoms with van der Waals surface area (Å²) in [6, 6.07) is 6.99. The molecule has 0 saturated heterocycles. The molecular weight excluding hydrogens is 182 g/mol. The van der Waals surface area contributed by atoms with E-state index in [2.05, 4.69) is 15.4 Å². The molecule has 0 atom stereocenters. The van der Waals surface area contributed by atoms with Crippen LogP contribution in [0.3, 0.4) is 0 Å². The van der Waals surface area contributed by atoms with Crippen molar-refractivity contribution in [2.24, 2.45) is 15.4 Å². The summed E-state index contributed by atoms with van der Waals surface area (Å²) in [5.74, 6) is 0.323.